The van der Waals surface area contributed by atoms with Crippen LogP contribution in [-0.2, 0) is 4.74 Å². The lowest BCUT2D eigenvalue weighted by Gasteiger charge is -2.26. The van der Waals surface area contributed by atoms with Crippen LogP contribution in [0.15, 0.2) is 48.5 Å². The number of nitrogens with one attached hydrogen (secondary N) is 5. The molecule has 2 aromatic carbocycles. The zero-order chi connectivity index (χ0) is 25.3. The van der Waals surface area contributed by atoms with E-state index < -0.39 is 0 Å². The molecule has 1 fully saturated rings. The molecule has 1 amide bonds. The smallest absolute Gasteiger partial charge is 0.251 e. The lowest BCUT2D eigenvalue weighted by Crippen LogP contribution is -2.39. The molecule has 4 rings (SSSR count). The van der Waals surface area contributed by atoms with Gasteiger partial charge in [-0.2, -0.15) is 9.97 Å². The fraction of sp³-hybridized carbons (Fsp3) is 0.308. The fourth-order valence-electron chi connectivity index (χ4n) is 3.85. The van der Waals surface area contributed by atoms with Gasteiger partial charge in [-0.05, 0) is 36.8 Å². The summed E-state index contributed by atoms with van der Waals surface area (Å²) >= 11 is 0. The molecule has 2 heterocycles. The van der Waals surface area contributed by atoms with E-state index in [1.54, 1.807) is 19.2 Å². The van der Waals surface area contributed by atoms with E-state index >= 15 is 0 Å². The molecule has 1 aliphatic heterocycles. The van der Waals surface area contributed by atoms with Crippen LogP contribution >= 0.6 is 0 Å². The molecule has 0 radical (unpaired) electrons. The number of rotatable bonds is 10. The summed E-state index contributed by atoms with van der Waals surface area (Å²) in [5.74, 6) is 1.23. The summed E-state index contributed by atoms with van der Waals surface area (Å²) in [5, 5.41) is 20.7. The van der Waals surface area contributed by atoms with Gasteiger partial charge in [0.05, 0.1) is 18.8 Å². The molecule has 10 nitrogen and oxygen atoms in total. The first-order chi connectivity index (χ1) is 17.6. The average molecular weight is 489 g/mol. The number of aromatic nitrogens is 2. The van der Waals surface area contributed by atoms with Gasteiger partial charge in [0.1, 0.15) is 11.6 Å². The number of para-hydroxylation sites is 1. The number of aryl methyl sites for hydroxylation is 1. The summed E-state index contributed by atoms with van der Waals surface area (Å²) in [6, 6.07) is 15.1. The minimum absolute atomic E-state index is 0.176. The SMILES string of the molecule is CNC(=O)c1ccc(C)c(Nc2nc(NCCN3CCOCC3)nc(Nc3ccccc3)c2C=N)c1. The summed E-state index contributed by atoms with van der Waals surface area (Å²) in [6.07, 6.45) is 1.23. The van der Waals surface area contributed by atoms with Crippen molar-refractivity contribution in [1.82, 2.24) is 20.2 Å². The number of benzene rings is 2. The second-order valence-corrected chi connectivity index (χ2v) is 8.41. The van der Waals surface area contributed by atoms with Crippen molar-refractivity contribution in [3.05, 3.63) is 65.2 Å². The average Bonchev–Trinajstić information content (AvgIpc) is 2.91. The van der Waals surface area contributed by atoms with Crippen molar-refractivity contribution >= 4 is 41.1 Å². The van der Waals surface area contributed by atoms with Crippen molar-refractivity contribution in [3.8, 4) is 0 Å². The molecular formula is C26H32N8O2. The number of carbonyl (C=O) groups excluding carboxylic acids is 1. The normalized spacial score (nSPS) is 13.6. The molecule has 0 aliphatic carbocycles. The van der Waals surface area contributed by atoms with Gasteiger partial charge in [0.2, 0.25) is 5.95 Å². The van der Waals surface area contributed by atoms with Gasteiger partial charge >= 0.3 is 0 Å². The number of morpholine rings is 1. The third-order valence-corrected chi connectivity index (χ3v) is 5.92. The van der Waals surface area contributed by atoms with Crippen molar-refractivity contribution in [3.63, 3.8) is 0 Å². The summed E-state index contributed by atoms with van der Waals surface area (Å²) in [7, 11) is 1.60. The van der Waals surface area contributed by atoms with Crippen LogP contribution in [-0.4, -0.2) is 73.4 Å². The molecule has 0 atom stereocenters. The second-order valence-electron chi connectivity index (χ2n) is 8.41. The first-order valence-electron chi connectivity index (χ1n) is 12.0. The molecule has 5 N–H and O–H groups in total. The van der Waals surface area contributed by atoms with Gasteiger partial charge in [0.25, 0.3) is 5.91 Å². The number of anilines is 5. The Morgan fingerprint density at radius 2 is 1.81 bits per heavy atom. The standard InChI is InChI=1S/C26H32N8O2/c1-18-8-9-19(25(35)28-2)16-22(18)31-24-21(17-27)23(30-20-6-4-3-5-7-20)32-26(33-24)29-10-11-34-12-14-36-15-13-34/h3-9,16-17,27H,10-15H2,1-2H3,(H,28,35)(H3,29,30,31,32,33). The van der Waals surface area contributed by atoms with E-state index in [0.717, 1.165) is 49.8 Å². The number of amides is 1. The molecule has 10 heteroatoms. The van der Waals surface area contributed by atoms with Gasteiger partial charge < -0.3 is 31.4 Å². The monoisotopic (exact) mass is 488 g/mol. The molecule has 1 saturated heterocycles. The molecule has 0 unspecified atom stereocenters. The van der Waals surface area contributed by atoms with E-state index in [1.807, 2.05) is 43.3 Å². The number of carbonyl (C=O) groups is 1. The lowest BCUT2D eigenvalue weighted by atomic mass is 10.1. The first-order valence-corrected chi connectivity index (χ1v) is 12.0. The van der Waals surface area contributed by atoms with E-state index in [4.69, 9.17) is 15.1 Å². The van der Waals surface area contributed by atoms with Crippen LogP contribution in [0.3, 0.4) is 0 Å². The molecule has 0 spiro atoms. The van der Waals surface area contributed by atoms with Gasteiger partial charge in [-0.3, -0.25) is 9.69 Å². The maximum absolute atomic E-state index is 12.2. The fourth-order valence-corrected chi connectivity index (χ4v) is 3.85. The van der Waals surface area contributed by atoms with Crippen molar-refractivity contribution in [2.24, 2.45) is 0 Å². The summed E-state index contributed by atoms with van der Waals surface area (Å²) in [6.45, 7) is 6.77. The zero-order valence-electron chi connectivity index (χ0n) is 20.6. The number of ether oxygens (including phenoxy) is 1. The van der Waals surface area contributed by atoms with E-state index in [1.165, 1.54) is 6.21 Å². The van der Waals surface area contributed by atoms with Crippen molar-refractivity contribution in [2.75, 3.05) is 62.4 Å². The van der Waals surface area contributed by atoms with Gasteiger partial charge in [0.15, 0.2) is 0 Å². The molecule has 188 valence electrons. The van der Waals surface area contributed by atoms with E-state index in [9.17, 15) is 4.79 Å². The Labute approximate surface area is 211 Å². The highest BCUT2D eigenvalue weighted by atomic mass is 16.5. The third kappa shape index (κ3) is 6.35. The van der Waals surface area contributed by atoms with Crippen LogP contribution in [0.25, 0.3) is 0 Å². The predicted molar refractivity (Wildman–Crippen MR) is 143 cm³/mol. The Morgan fingerprint density at radius 3 is 2.50 bits per heavy atom. The van der Waals surface area contributed by atoms with E-state index in [-0.39, 0.29) is 5.91 Å². The van der Waals surface area contributed by atoms with Crippen molar-refractivity contribution < 1.29 is 9.53 Å². The minimum Gasteiger partial charge on any atom is -0.379 e. The van der Waals surface area contributed by atoms with E-state index in [0.29, 0.717) is 35.3 Å². The zero-order valence-corrected chi connectivity index (χ0v) is 20.6. The lowest BCUT2D eigenvalue weighted by molar-refractivity contribution is 0.0398. The number of hydrogen-bond donors (Lipinski definition) is 5. The topological polar surface area (TPSA) is 127 Å². The van der Waals surface area contributed by atoms with Crippen LogP contribution in [0.5, 0.6) is 0 Å². The molecule has 1 aromatic heterocycles. The molecular weight excluding hydrogens is 456 g/mol. The van der Waals surface area contributed by atoms with Crippen LogP contribution in [0.2, 0.25) is 0 Å². The maximum atomic E-state index is 12.2. The summed E-state index contributed by atoms with van der Waals surface area (Å²) in [4.78, 5) is 23.9. The van der Waals surface area contributed by atoms with Gasteiger partial charge in [-0.1, -0.05) is 24.3 Å². The third-order valence-electron chi connectivity index (χ3n) is 5.92. The van der Waals surface area contributed by atoms with Crippen LogP contribution < -0.4 is 21.3 Å². The molecule has 3 aromatic rings. The summed E-state index contributed by atoms with van der Waals surface area (Å²) in [5.41, 5.74) is 3.55. The van der Waals surface area contributed by atoms with Crippen LogP contribution in [0.4, 0.5) is 29.0 Å². The van der Waals surface area contributed by atoms with Gasteiger partial charge in [0, 0.05) is 56.4 Å². The predicted octanol–water partition coefficient (Wildman–Crippen LogP) is 3.37. The Balaban J connectivity index is 1.64. The molecule has 36 heavy (non-hydrogen) atoms. The maximum Gasteiger partial charge on any atom is 0.251 e. The minimum atomic E-state index is -0.176. The highest BCUT2D eigenvalue weighted by Crippen LogP contribution is 2.29. The molecule has 0 bridgehead atoms. The van der Waals surface area contributed by atoms with Crippen LogP contribution in [0, 0.1) is 12.3 Å². The molecule has 0 saturated carbocycles. The Morgan fingerprint density at radius 1 is 1.08 bits per heavy atom. The number of nitrogens with zero attached hydrogens (tertiary/aromatic N) is 3. The second kappa shape index (κ2) is 12.1. The van der Waals surface area contributed by atoms with Crippen molar-refractivity contribution in [2.45, 2.75) is 6.92 Å². The molecule has 1 aliphatic rings. The number of hydrogen-bond acceptors (Lipinski definition) is 9. The quantitative estimate of drug-likeness (QED) is 0.275. The highest BCUT2D eigenvalue weighted by Gasteiger charge is 2.16. The van der Waals surface area contributed by atoms with Gasteiger partial charge in [-0.15, -0.1) is 0 Å². The van der Waals surface area contributed by atoms with Crippen LogP contribution in [0.1, 0.15) is 21.5 Å². The van der Waals surface area contributed by atoms with Gasteiger partial charge in [-0.25, -0.2) is 0 Å². The van der Waals surface area contributed by atoms with E-state index in [2.05, 4.69) is 31.2 Å². The van der Waals surface area contributed by atoms with Crippen molar-refractivity contribution in [1.29, 1.82) is 5.41 Å². The first kappa shape index (κ1) is 25.1. The largest absolute Gasteiger partial charge is 0.379 e. The highest BCUT2D eigenvalue weighted by molar-refractivity contribution is 5.96. The Kier molecular flexibility index (Phi) is 8.43. The Bertz CT molecular complexity index is 1200. The Hall–Kier alpha value is -4.02. The summed E-state index contributed by atoms with van der Waals surface area (Å²) < 4.78 is 5.42.